The largest absolute Gasteiger partial charge is 0.348 e. The van der Waals surface area contributed by atoms with Gasteiger partial charge in [0.15, 0.2) is 0 Å². The molecular weight excluding hydrogens is 212 g/mol. The average molecular weight is 236 g/mol. The molecule has 1 aromatic rings. The lowest BCUT2D eigenvalue weighted by Crippen LogP contribution is -2.33. The number of aryl methyl sites for hydroxylation is 1. The highest BCUT2D eigenvalue weighted by Gasteiger charge is 2.13. The Labute approximate surface area is 104 Å². The summed E-state index contributed by atoms with van der Waals surface area (Å²) in [5, 5.41) is 0. The second-order valence-corrected chi connectivity index (χ2v) is 4.89. The molecule has 1 saturated heterocycles. The molecule has 4 nitrogen and oxygen atoms in total. The quantitative estimate of drug-likeness (QED) is 0.815. The Morgan fingerprint density at radius 1 is 1.41 bits per heavy atom. The van der Waals surface area contributed by atoms with E-state index in [-0.39, 0.29) is 0 Å². The molecule has 4 heteroatoms. The number of hydrogen-bond donors (Lipinski definition) is 1. The third-order valence-corrected chi connectivity index (χ3v) is 3.69. The predicted molar refractivity (Wildman–Crippen MR) is 69.9 cm³/mol. The van der Waals surface area contributed by atoms with Gasteiger partial charge in [0.25, 0.3) is 0 Å². The molecule has 0 radical (unpaired) electrons. The van der Waals surface area contributed by atoms with Gasteiger partial charge in [-0.2, -0.15) is 0 Å². The van der Waals surface area contributed by atoms with Crippen LogP contribution in [-0.2, 0) is 6.54 Å². The molecule has 1 aliphatic heterocycles. The van der Waals surface area contributed by atoms with Gasteiger partial charge in [0, 0.05) is 25.3 Å². The van der Waals surface area contributed by atoms with Crippen LogP contribution in [0.4, 0.5) is 0 Å². The Balaban J connectivity index is 1.78. The lowest BCUT2D eigenvalue weighted by atomic mass is 10.3. The number of likely N-dealkylation sites (N-methyl/N-ethyl adjacent to an activating group) is 1. The Hall–Kier alpha value is -0.870. The minimum absolute atomic E-state index is 0.972. The topological polar surface area (TPSA) is 35.2 Å². The average Bonchev–Trinajstić information content (AvgIpc) is 2.96. The number of imidazole rings is 1. The third-order valence-electron chi connectivity index (χ3n) is 3.69. The van der Waals surface area contributed by atoms with Crippen molar-refractivity contribution < 1.29 is 0 Å². The van der Waals surface area contributed by atoms with Crippen molar-refractivity contribution in [3.8, 4) is 0 Å². The maximum atomic E-state index is 4.37. The predicted octanol–water partition coefficient (Wildman–Crippen LogP) is 1.64. The van der Waals surface area contributed by atoms with E-state index in [1.807, 2.05) is 0 Å². The zero-order chi connectivity index (χ0) is 12.1. The van der Waals surface area contributed by atoms with Crippen LogP contribution in [0.2, 0.25) is 0 Å². The Bertz CT molecular complexity index is 328. The van der Waals surface area contributed by atoms with Crippen LogP contribution in [0.5, 0.6) is 0 Å². The number of nitrogens with zero attached hydrogens (tertiary/aromatic N) is 3. The van der Waals surface area contributed by atoms with Gasteiger partial charge >= 0.3 is 0 Å². The van der Waals surface area contributed by atoms with E-state index in [1.165, 1.54) is 43.9 Å². The van der Waals surface area contributed by atoms with E-state index in [0.29, 0.717) is 0 Å². The van der Waals surface area contributed by atoms with E-state index in [4.69, 9.17) is 0 Å². The van der Waals surface area contributed by atoms with E-state index >= 15 is 0 Å². The van der Waals surface area contributed by atoms with E-state index in [9.17, 15) is 0 Å². The number of hydrogen-bond acceptors (Lipinski definition) is 3. The highest BCUT2D eigenvalue weighted by Crippen LogP contribution is 2.09. The summed E-state index contributed by atoms with van der Waals surface area (Å²) in [5.41, 5.74) is 2.39. The highest BCUT2D eigenvalue weighted by atomic mass is 15.2. The summed E-state index contributed by atoms with van der Waals surface area (Å²) in [6, 6.07) is 0. The van der Waals surface area contributed by atoms with Crippen LogP contribution in [0.15, 0.2) is 6.33 Å². The number of nitrogens with one attached hydrogen (secondary N) is 1. The number of H-pyrrole nitrogens is 1. The molecule has 96 valence electrons. The van der Waals surface area contributed by atoms with Crippen molar-refractivity contribution >= 4 is 0 Å². The monoisotopic (exact) mass is 236 g/mol. The van der Waals surface area contributed by atoms with Crippen molar-refractivity contribution in [2.75, 3.05) is 32.7 Å². The minimum atomic E-state index is 0.972. The maximum absolute atomic E-state index is 4.37. The van der Waals surface area contributed by atoms with Gasteiger partial charge in [-0.25, -0.2) is 4.98 Å². The van der Waals surface area contributed by atoms with Gasteiger partial charge in [-0.3, -0.25) is 4.90 Å². The summed E-state index contributed by atoms with van der Waals surface area (Å²) < 4.78 is 0. The molecule has 0 atom stereocenters. The number of rotatable bonds is 6. The summed E-state index contributed by atoms with van der Waals surface area (Å²) in [6.45, 7) is 11.3. The molecule has 1 aromatic heterocycles. The molecule has 1 aliphatic rings. The molecule has 0 saturated carbocycles. The highest BCUT2D eigenvalue weighted by molar-refractivity contribution is 5.08. The summed E-state index contributed by atoms with van der Waals surface area (Å²) in [6.07, 6.45) is 4.55. The van der Waals surface area contributed by atoms with E-state index < -0.39 is 0 Å². The van der Waals surface area contributed by atoms with Gasteiger partial charge in [-0.05, 0) is 39.4 Å². The summed E-state index contributed by atoms with van der Waals surface area (Å²) >= 11 is 0. The van der Waals surface area contributed by atoms with Crippen molar-refractivity contribution in [1.82, 2.24) is 19.8 Å². The normalized spacial score (nSPS) is 17.1. The van der Waals surface area contributed by atoms with Crippen molar-refractivity contribution in [3.63, 3.8) is 0 Å². The second kappa shape index (κ2) is 6.17. The van der Waals surface area contributed by atoms with Gasteiger partial charge in [0.05, 0.1) is 12.0 Å². The zero-order valence-corrected chi connectivity index (χ0v) is 11.1. The SMILES string of the molecule is CCN(CCN1CCCC1)Cc1nc[nH]c1C. The molecule has 2 rings (SSSR count). The zero-order valence-electron chi connectivity index (χ0n) is 11.1. The molecule has 0 aromatic carbocycles. The summed E-state index contributed by atoms with van der Waals surface area (Å²) in [4.78, 5) is 12.6. The molecule has 17 heavy (non-hydrogen) atoms. The maximum Gasteiger partial charge on any atom is 0.0925 e. The van der Waals surface area contributed by atoms with Crippen LogP contribution < -0.4 is 0 Å². The molecule has 1 N–H and O–H groups in total. The van der Waals surface area contributed by atoms with Crippen molar-refractivity contribution in [2.45, 2.75) is 33.2 Å². The van der Waals surface area contributed by atoms with Crippen LogP contribution in [-0.4, -0.2) is 52.5 Å². The van der Waals surface area contributed by atoms with Gasteiger partial charge in [-0.1, -0.05) is 6.92 Å². The van der Waals surface area contributed by atoms with Crippen LogP contribution >= 0.6 is 0 Å². The first-order valence-corrected chi connectivity index (χ1v) is 6.73. The van der Waals surface area contributed by atoms with Crippen LogP contribution in [0.3, 0.4) is 0 Å². The first-order chi connectivity index (χ1) is 8.29. The fourth-order valence-electron chi connectivity index (χ4n) is 2.40. The van der Waals surface area contributed by atoms with Crippen LogP contribution in [0.1, 0.15) is 31.2 Å². The van der Waals surface area contributed by atoms with Crippen LogP contribution in [0, 0.1) is 6.92 Å². The number of aromatic nitrogens is 2. The third kappa shape index (κ3) is 3.54. The van der Waals surface area contributed by atoms with Gasteiger partial charge in [-0.15, -0.1) is 0 Å². The molecule has 0 amide bonds. The standard InChI is InChI=1S/C13H24N4/c1-3-16(8-9-17-6-4-5-7-17)10-13-12(2)14-11-15-13/h11H,3-10H2,1-2H3,(H,14,15). The molecule has 2 heterocycles. The first kappa shape index (κ1) is 12.6. The van der Waals surface area contributed by atoms with Gasteiger partial charge in [0.2, 0.25) is 0 Å². The van der Waals surface area contributed by atoms with Gasteiger partial charge in [0.1, 0.15) is 0 Å². The molecule has 0 aliphatic carbocycles. The Morgan fingerprint density at radius 3 is 2.76 bits per heavy atom. The smallest absolute Gasteiger partial charge is 0.0925 e. The molecular formula is C13H24N4. The number of aromatic amines is 1. The van der Waals surface area contributed by atoms with E-state index in [1.54, 1.807) is 6.33 Å². The molecule has 0 bridgehead atoms. The molecule has 0 unspecified atom stereocenters. The van der Waals surface area contributed by atoms with Crippen molar-refractivity contribution in [2.24, 2.45) is 0 Å². The van der Waals surface area contributed by atoms with Crippen molar-refractivity contribution in [3.05, 3.63) is 17.7 Å². The molecule has 0 spiro atoms. The summed E-state index contributed by atoms with van der Waals surface area (Å²) in [5.74, 6) is 0. The Kier molecular flexibility index (Phi) is 4.57. The Morgan fingerprint density at radius 2 is 2.18 bits per heavy atom. The fourth-order valence-corrected chi connectivity index (χ4v) is 2.40. The van der Waals surface area contributed by atoms with Crippen molar-refractivity contribution in [1.29, 1.82) is 0 Å². The lowest BCUT2D eigenvalue weighted by Gasteiger charge is -2.23. The summed E-state index contributed by atoms with van der Waals surface area (Å²) in [7, 11) is 0. The lowest BCUT2D eigenvalue weighted by molar-refractivity contribution is 0.225. The fraction of sp³-hybridized carbons (Fsp3) is 0.769. The second-order valence-electron chi connectivity index (χ2n) is 4.89. The number of likely N-dealkylation sites (tertiary alicyclic amines) is 1. The van der Waals surface area contributed by atoms with Crippen LogP contribution in [0.25, 0.3) is 0 Å². The van der Waals surface area contributed by atoms with Gasteiger partial charge < -0.3 is 9.88 Å². The van der Waals surface area contributed by atoms with E-state index in [0.717, 1.165) is 19.6 Å². The first-order valence-electron chi connectivity index (χ1n) is 6.73. The van der Waals surface area contributed by atoms with E-state index in [2.05, 4.69) is 33.6 Å². The minimum Gasteiger partial charge on any atom is -0.348 e. The molecule has 1 fully saturated rings.